The molecule has 0 bridgehead atoms. The van der Waals surface area contributed by atoms with E-state index in [4.69, 9.17) is 0 Å². The highest BCUT2D eigenvalue weighted by molar-refractivity contribution is 7.99. The van der Waals surface area contributed by atoms with Crippen molar-refractivity contribution >= 4 is 22.8 Å². The van der Waals surface area contributed by atoms with Gasteiger partial charge < -0.3 is 10.3 Å². The molecule has 1 aromatic heterocycles. The number of H-pyrrole nitrogens is 1. The van der Waals surface area contributed by atoms with E-state index in [2.05, 4.69) is 21.4 Å². The predicted octanol–water partition coefficient (Wildman–Crippen LogP) is 2.65. The molecule has 2 N–H and O–H groups in total. The van der Waals surface area contributed by atoms with Crippen LogP contribution in [0.5, 0.6) is 0 Å². The number of rotatable bonds is 6. The molecule has 0 saturated carbocycles. The normalized spacial score (nSPS) is 11.1. The van der Waals surface area contributed by atoms with Crippen molar-refractivity contribution in [1.29, 1.82) is 0 Å². The molecule has 0 radical (unpaired) electrons. The van der Waals surface area contributed by atoms with Crippen molar-refractivity contribution < 1.29 is 0 Å². The Balaban J connectivity index is 1.85. The predicted molar refractivity (Wildman–Crippen MR) is 70.0 cm³/mol. The van der Waals surface area contributed by atoms with Crippen molar-refractivity contribution in [3.8, 4) is 0 Å². The Kier molecular flexibility index (Phi) is 4.25. The third-order valence-electron chi connectivity index (χ3n) is 2.43. The van der Waals surface area contributed by atoms with E-state index in [-0.39, 0.29) is 0 Å². The SMILES string of the molecule is CNCCCCSc1nc2ccccc2[nH]1. The first-order chi connectivity index (χ1) is 7.90. The van der Waals surface area contributed by atoms with Crippen molar-refractivity contribution in [2.75, 3.05) is 19.3 Å². The van der Waals surface area contributed by atoms with Crippen LogP contribution in [0, 0.1) is 0 Å². The summed E-state index contributed by atoms with van der Waals surface area (Å²) in [5.74, 6) is 1.13. The molecule has 0 aliphatic heterocycles. The number of hydrogen-bond donors (Lipinski definition) is 2. The largest absolute Gasteiger partial charge is 0.333 e. The maximum absolute atomic E-state index is 4.52. The molecule has 2 rings (SSSR count). The molecule has 0 fully saturated rings. The van der Waals surface area contributed by atoms with Crippen LogP contribution in [0.3, 0.4) is 0 Å². The zero-order chi connectivity index (χ0) is 11.2. The summed E-state index contributed by atoms with van der Waals surface area (Å²) in [6.07, 6.45) is 2.45. The molecule has 16 heavy (non-hydrogen) atoms. The summed E-state index contributed by atoms with van der Waals surface area (Å²) in [6.45, 7) is 1.10. The summed E-state index contributed by atoms with van der Waals surface area (Å²) in [6, 6.07) is 8.15. The fraction of sp³-hybridized carbons (Fsp3) is 0.417. The van der Waals surface area contributed by atoms with Gasteiger partial charge in [0.2, 0.25) is 0 Å². The lowest BCUT2D eigenvalue weighted by atomic mass is 10.3. The van der Waals surface area contributed by atoms with Gasteiger partial charge in [0.25, 0.3) is 0 Å². The number of nitrogens with zero attached hydrogens (tertiary/aromatic N) is 1. The van der Waals surface area contributed by atoms with Gasteiger partial charge in [0, 0.05) is 5.75 Å². The van der Waals surface area contributed by atoms with Crippen LogP contribution in [0.25, 0.3) is 11.0 Å². The number of para-hydroxylation sites is 2. The number of thioether (sulfide) groups is 1. The molecule has 0 unspecified atom stereocenters. The Morgan fingerprint density at radius 2 is 2.19 bits per heavy atom. The Labute approximate surface area is 100 Å². The van der Waals surface area contributed by atoms with Crippen molar-refractivity contribution in [2.45, 2.75) is 18.0 Å². The van der Waals surface area contributed by atoms with Crippen LogP contribution in [0.15, 0.2) is 29.4 Å². The van der Waals surface area contributed by atoms with E-state index < -0.39 is 0 Å². The second-order valence-corrected chi connectivity index (χ2v) is 4.80. The van der Waals surface area contributed by atoms with E-state index in [1.165, 1.54) is 12.8 Å². The minimum atomic E-state index is 1.03. The van der Waals surface area contributed by atoms with Crippen LogP contribution in [-0.4, -0.2) is 29.3 Å². The molecule has 2 aromatic rings. The highest BCUT2D eigenvalue weighted by Gasteiger charge is 2.01. The van der Waals surface area contributed by atoms with E-state index in [1.807, 2.05) is 25.2 Å². The lowest BCUT2D eigenvalue weighted by Gasteiger charge is -1.98. The molecule has 4 heteroatoms. The third kappa shape index (κ3) is 3.00. The molecule has 0 aliphatic rings. The minimum Gasteiger partial charge on any atom is -0.333 e. The maximum atomic E-state index is 4.52. The van der Waals surface area contributed by atoms with Gasteiger partial charge in [0.1, 0.15) is 0 Å². The van der Waals surface area contributed by atoms with Crippen LogP contribution in [-0.2, 0) is 0 Å². The Morgan fingerprint density at radius 1 is 1.31 bits per heavy atom. The molecule has 3 nitrogen and oxygen atoms in total. The van der Waals surface area contributed by atoms with Crippen LogP contribution in [0.2, 0.25) is 0 Å². The van der Waals surface area contributed by atoms with Crippen molar-refractivity contribution in [3.05, 3.63) is 24.3 Å². The zero-order valence-corrected chi connectivity index (χ0v) is 10.3. The van der Waals surface area contributed by atoms with Gasteiger partial charge in [-0.2, -0.15) is 0 Å². The summed E-state index contributed by atoms with van der Waals surface area (Å²) in [7, 11) is 1.99. The summed E-state index contributed by atoms with van der Waals surface area (Å²) in [4.78, 5) is 7.84. The molecular formula is C12H17N3S. The van der Waals surface area contributed by atoms with Crippen molar-refractivity contribution in [2.24, 2.45) is 0 Å². The Hall–Kier alpha value is -1.00. The second kappa shape index (κ2) is 5.92. The first-order valence-corrected chi connectivity index (χ1v) is 6.61. The second-order valence-electron chi connectivity index (χ2n) is 3.72. The lowest BCUT2D eigenvalue weighted by molar-refractivity contribution is 0.714. The number of hydrogen-bond acceptors (Lipinski definition) is 3. The minimum absolute atomic E-state index is 1.03. The first-order valence-electron chi connectivity index (χ1n) is 5.62. The molecule has 86 valence electrons. The van der Waals surface area contributed by atoms with Gasteiger partial charge in [-0.25, -0.2) is 4.98 Å². The number of aromatic amines is 1. The summed E-state index contributed by atoms with van der Waals surface area (Å²) in [5, 5.41) is 4.19. The van der Waals surface area contributed by atoms with Crippen molar-refractivity contribution in [1.82, 2.24) is 15.3 Å². The van der Waals surface area contributed by atoms with Crippen molar-refractivity contribution in [3.63, 3.8) is 0 Å². The summed E-state index contributed by atoms with van der Waals surface area (Å²) in [5.41, 5.74) is 2.18. The fourth-order valence-electron chi connectivity index (χ4n) is 1.57. The molecule has 1 aromatic carbocycles. The Bertz CT molecular complexity index is 406. The quantitative estimate of drug-likeness (QED) is 0.597. The van der Waals surface area contributed by atoms with Gasteiger partial charge in [-0.05, 0) is 38.6 Å². The number of fused-ring (bicyclic) bond motifs is 1. The summed E-state index contributed by atoms with van der Waals surface area (Å²) >= 11 is 1.80. The fourth-order valence-corrected chi connectivity index (χ4v) is 2.46. The van der Waals surface area contributed by atoms with Gasteiger partial charge in [0.05, 0.1) is 11.0 Å². The topological polar surface area (TPSA) is 40.7 Å². The molecule has 0 saturated heterocycles. The van der Waals surface area contributed by atoms with E-state index in [0.717, 1.165) is 28.5 Å². The first kappa shape index (κ1) is 11.5. The average molecular weight is 235 g/mol. The molecule has 0 atom stereocenters. The van der Waals surface area contributed by atoms with Gasteiger partial charge in [-0.15, -0.1) is 0 Å². The number of imidazole rings is 1. The average Bonchev–Trinajstić information content (AvgIpc) is 2.71. The van der Waals surface area contributed by atoms with Crippen LogP contribution in [0.1, 0.15) is 12.8 Å². The summed E-state index contributed by atoms with van der Waals surface area (Å²) < 4.78 is 0. The highest BCUT2D eigenvalue weighted by Crippen LogP contribution is 2.19. The van der Waals surface area contributed by atoms with E-state index in [1.54, 1.807) is 11.8 Å². The van der Waals surface area contributed by atoms with E-state index in [0.29, 0.717) is 0 Å². The number of benzene rings is 1. The number of nitrogens with one attached hydrogen (secondary N) is 2. The van der Waals surface area contributed by atoms with Crippen LogP contribution >= 0.6 is 11.8 Å². The molecule has 0 amide bonds. The van der Waals surface area contributed by atoms with Gasteiger partial charge in [-0.3, -0.25) is 0 Å². The van der Waals surface area contributed by atoms with E-state index >= 15 is 0 Å². The standard InChI is InChI=1S/C12H17N3S/c1-13-8-4-5-9-16-12-14-10-6-2-3-7-11(10)15-12/h2-3,6-7,13H,4-5,8-9H2,1H3,(H,14,15). The van der Waals surface area contributed by atoms with Gasteiger partial charge >= 0.3 is 0 Å². The monoisotopic (exact) mass is 235 g/mol. The zero-order valence-electron chi connectivity index (χ0n) is 9.49. The van der Waals surface area contributed by atoms with Gasteiger partial charge in [-0.1, -0.05) is 23.9 Å². The Morgan fingerprint density at radius 3 is 3.00 bits per heavy atom. The van der Waals surface area contributed by atoms with Gasteiger partial charge in [0.15, 0.2) is 5.16 Å². The van der Waals surface area contributed by atoms with E-state index in [9.17, 15) is 0 Å². The number of unbranched alkanes of at least 4 members (excludes halogenated alkanes) is 1. The lowest BCUT2D eigenvalue weighted by Crippen LogP contribution is -2.07. The smallest absolute Gasteiger partial charge is 0.166 e. The highest BCUT2D eigenvalue weighted by atomic mass is 32.2. The molecule has 1 heterocycles. The molecule has 0 spiro atoms. The van der Waals surface area contributed by atoms with Crippen LogP contribution in [0.4, 0.5) is 0 Å². The van der Waals surface area contributed by atoms with Crippen LogP contribution < -0.4 is 5.32 Å². The third-order valence-corrected chi connectivity index (χ3v) is 3.39. The number of aromatic nitrogens is 2. The molecule has 0 aliphatic carbocycles. The maximum Gasteiger partial charge on any atom is 0.166 e. The molecular weight excluding hydrogens is 218 g/mol.